The first-order valence-corrected chi connectivity index (χ1v) is 7.32. The zero-order valence-electron chi connectivity index (χ0n) is 10.4. The van der Waals surface area contributed by atoms with Gasteiger partial charge in [-0.1, -0.05) is 29.3 Å². The molecule has 2 rings (SSSR count). The number of carboxylic acids is 1. The Morgan fingerprint density at radius 1 is 1.19 bits per heavy atom. The number of rotatable bonds is 4. The lowest BCUT2D eigenvalue weighted by Gasteiger charge is -2.17. The van der Waals surface area contributed by atoms with Crippen molar-refractivity contribution < 1.29 is 14.3 Å². The van der Waals surface area contributed by atoms with E-state index in [-0.39, 0.29) is 10.6 Å². The van der Waals surface area contributed by atoms with Crippen molar-refractivity contribution in [1.29, 1.82) is 0 Å². The van der Waals surface area contributed by atoms with Gasteiger partial charge in [0.05, 0.1) is 10.0 Å². The van der Waals surface area contributed by atoms with Crippen molar-refractivity contribution in [3.05, 3.63) is 62.3 Å². The Bertz CT molecular complexity index is 697. The van der Waals surface area contributed by atoms with Gasteiger partial charge in [0.2, 0.25) is 0 Å². The van der Waals surface area contributed by atoms with Crippen molar-refractivity contribution in [2.24, 2.45) is 0 Å². The molecule has 1 atom stereocenters. The van der Waals surface area contributed by atoms with Gasteiger partial charge in [-0.25, -0.2) is 9.18 Å². The lowest BCUT2D eigenvalue weighted by molar-refractivity contribution is -0.138. The zero-order valence-corrected chi connectivity index (χ0v) is 13.5. The summed E-state index contributed by atoms with van der Waals surface area (Å²) >= 11 is 14.7. The average molecular weight is 393 g/mol. The Kier molecular flexibility index (Phi) is 5.08. The number of carbonyl (C=O) groups is 1. The molecule has 0 bridgehead atoms. The van der Waals surface area contributed by atoms with Crippen molar-refractivity contribution in [3.63, 3.8) is 0 Å². The first-order valence-electron chi connectivity index (χ1n) is 5.78. The maximum Gasteiger partial charge on any atom is 0.330 e. The molecule has 1 unspecified atom stereocenters. The van der Waals surface area contributed by atoms with E-state index in [2.05, 4.69) is 21.2 Å². The van der Waals surface area contributed by atoms with Crippen molar-refractivity contribution in [2.45, 2.75) is 6.04 Å². The molecule has 3 nitrogen and oxygen atoms in total. The quantitative estimate of drug-likeness (QED) is 0.757. The van der Waals surface area contributed by atoms with Gasteiger partial charge in [-0.15, -0.1) is 0 Å². The van der Waals surface area contributed by atoms with Crippen LogP contribution in [0.1, 0.15) is 11.6 Å². The van der Waals surface area contributed by atoms with Crippen LogP contribution in [0, 0.1) is 5.82 Å². The molecule has 2 aromatic rings. The smallest absolute Gasteiger partial charge is 0.330 e. The molecule has 110 valence electrons. The average Bonchev–Trinajstić information content (AvgIpc) is 2.43. The molecule has 2 N–H and O–H groups in total. The van der Waals surface area contributed by atoms with Crippen molar-refractivity contribution in [2.75, 3.05) is 5.32 Å². The van der Waals surface area contributed by atoms with Crippen LogP contribution in [0.4, 0.5) is 10.1 Å². The number of halogens is 4. The molecule has 0 aliphatic carbocycles. The number of hydrogen-bond acceptors (Lipinski definition) is 2. The number of hydrogen-bond donors (Lipinski definition) is 2. The summed E-state index contributed by atoms with van der Waals surface area (Å²) in [6, 6.07) is 7.67. The maximum atomic E-state index is 13.5. The second-order valence-corrected chi connectivity index (χ2v) is 5.89. The van der Waals surface area contributed by atoms with E-state index in [9.17, 15) is 14.3 Å². The van der Waals surface area contributed by atoms with Crippen LogP contribution in [0.2, 0.25) is 10.0 Å². The van der Waals surface area contributed by atoms with Crippen LogP contribution in [-0.2, 0) is 4.79 Å². The van der Waals surface area contributed by atoms with Gasteiger partial charge in [0, 0.05) is 10.2 Å². The van der Waals surface area contributed by atoms with E-state index in [1.807, 2.05) is 0 Å². The fourth-order valence-corrected chi connectivity index (χ4v) is 2.35. The van der Waals surface area contributed by atoms with Crippen LogP contribution in [0.15, 0.2) is 40.9 Å². The van der Waals surface area contributed by atoms with Gasteiger partial charge in [0.25, 0.3) is 0 Å². The minimum atomic E-state index is -1.14. The monoisotopic (exact) mass is 391 g/mol. The molecule has 0 saturated heterocycles. The Morgan fingerprint density at radius 2 is 1.86 bits per heavy atom. The lowest BCUT2D eigenvalue weighted by atomic mass is 10.1. The fourth-order valence-electron chi connectivity index (χ4n) is 1.73. The first kappa shape index (κ1) is 16.1. The van der Waals surface area contributed by atoms with Gasteiger partial charge in [-0.2, -0.15) is 0 Å². The minimum Gasteiger partial charge on any atom is -0.479 e. The van der Waals surface area contributed by atoms with Crippen molar-refractivity contribution >= 4 is 50.8 Å². The number of carboxylic acid groups (broad SMARTS) is 1. The van der Waals surface area contributed by atoms with Crippen LogP contribution < -0.4 is 5.32 Å². The third-order valence-corrected chi connectivity index (χ3v) is 4.28. The van der Waals surface area contributed by atoms with Crippen LogP contribution >= 0.6 is 39.1 Å². The molecule has 0 fully saturated rings. The second-order valence-electron chi connectivity index (χ2n) is 4.22. The summed E-state index contributed by atoms with van der Waals surface area (Å²) in [5.41, 5.74) is 0.796. The number of anilines is 1. The Morgan fingerprint density at radius 3 is 2.43 bits per heavy atom. The highest BCUT2D eigenvalue weighted by molar-refractivity contribution is 9.10. The van der Waals surface area contributed by atoms with Crippen molar-refractivity contribution in [3.8, 4) is 0 Å². The SMILES string of the molecule is O=C(O)C(Nc1ccc(Cl)c(Br)c1)c1ccc(Cl)c(F)c1. The van der Waals surface area contributed by atoms with Crippen LogP contribution in [-0.4, -0.2) is 11.1 Å². The largest absolute Gasteiger partial charge is 0.479 e. The summed E-state index contributed by atoms with van der Waals surface area (Å²) < 4.78 is 14.1. The predicted molar refractivity (Wildman–Crippen MR) is 84.6 cm³/mol. The molecular formula is C14H9BrCl2FNO2. The van der Waals surface area contributed by atoms with Crippen molar-refractivity contribution in [1.82, 2.24) is 0 Å². The molecule has 0 saturated carbocycles. The predicted octanol–water partition coefficient (Wildman–Crippen LogP) is 5.13. The summed E-state index contributed by atoms with van der Waals surface area (Å²) in [4.78, 5) is 11.4. The molecule has 21 heavy (non-hydrogen) atoms. The normalized spacial score (nSPS) is 12.0. The van der Waals surface area contributed by atoms with E-state index in [1.165, 1.54) is 12.1 Å². The third-order valence-electron chi connectivity index (χ3n) is 2.75. The topological polar surface area (TPSA) is 49.3 Å². The molecule has 0 spiro atoms. The van der Waals surface area contributed by atoms with Gasteiger partial charge in [0.1, 0.15) is 5.82 Å². The van der Waals surface area contributed by atoms with Crippen LogP contribution in [0.5, 0.6) is 0 Å². The molecule has 0 radical (unpaired) electrons. The van der Waals surface area contributed by atoms with Crippen LogP contribution in [0.25, 0.3) is 0 Å². The van der Waals surface area contributed by atoms with Gasteiger partial charge in [-0.05, 0) is 51.8 Å². The number of benzene rings is 2. The van der Waals surface area contributed by atoms with E-state index in [0.29, 0.717) is 15.2 Å². The number of aliphatic carboxylic acids is 1. The molecule has 0 aliphatic rings. The van der Waals surface area contributed by atoms with Gasteiger partial charge >= 0.3 is 5.97 Å². The highest BCUT2D eigenvalue weighted by atomic mass is 79.9. The Hall–Kier alpha value is -1.30. The van der Waals surface area contributed by atoms with Crippen LogP contribution in [0.3, 0.4) is 0 Å². The Balaban J connectivity index is 2.32. The lowest BCUT2D eigenvalue weighted by Crippen LogP contribution is -2.20. The second kappa shape index (κ2) is 6.64. The van der Waals surface area contributed by atoms with E-state index < -0.39 is 17.8 Å². The van der Waals surface area contributed by atoms with E-state index in [0.717, 1.165) is 6.07 Å². The highest BCUT2D eigenvalue weighted by Crippen LogP contribution is 2.29. The zero-order chi connectivity index (χ0) is 15.6. The molecule has 2 aromatic carbocycles. The van der Waals surface area contributed by atoms with Gasteiger partial charge < -0.3 is 10.4 Å². The molecule has 0 amide bonds. The Labute approximate surface area is 138 Å². The summed E-state index contributed by atoms with van der Waals surface area (Å²) in [7, 11) is 0. The molecule has 0 aromatic heterocycles. The fraction of sp³-hybridized carbons (Fsp3) is 0.0714. The first-order chi connectivity index (χ1) is 9.88. The molecule has 0 heterocycles. The highest BCUT2D eigenvalue weighted by Gasteiger charge is 2.21. The maximum absolute atomic E-state index is 13.5. The summed E-state index contributed by atoms with van der Waals surface area (Å²) in [6.45, 7) is 0. The molecule has 0 aliphatic heterocycles. The third kappa shape index (κ3) is 3.87. The van der Waals surface area contributed by atoms with E-state index >= 15 is 0 Å². The summed E-state index contributed by atoms with van der Waals surface area (Å²) in [5.74, 6) is -1.80. The summed E-state index contributed by atoms with van der Waals surface area (Å²) in [5, 5.41) is 12.6. The van der Waals surface area contributed by atoms with E-state index in [4.69, 9.17) is 23.2 Å². The van der Waals surface area contributed by atoms with E-state index in [1.54, 1.807) is 18.2 Å². The standard InChI is InChI=1S/C14H9BrCl2FNO2/c15-9-6-8(2-4-10(9)16)19-13(14(20)21)7-1-3-11(17)12(18)5-7/h1-6,13,19H,(H,20,21). The van der Waals surface area contributed by atoms with Gasteiger partial charge in [0.15, 0.2) is 6.04 Å². The minimum absolute atomic E-state index is 0.0582. The number of nitrogens with one attached hydrogen (secondary N) is 1. The van der Waals surface area contributed by atoms with Gasteiger partial charge in [-0.3, -0.25) is 0 Å². The summed E-state index contributed by atoms with van der Waals surface area (Å²) in [6.07, 6.45) is 0. The molecular weight excluding hydrogens is 384 g/mol. The molecule has 7 heteroatoms.